The average molecular weight is 1560 g/mol. The van der Waals surface area contributed by atoms with Gasteiger partial charge in [-0.1, -0.05) is 441 Å². The van der Waals surface area contributed by atoms with Crippen LogP contribution >= 0.6 is 0 Å². The molecule has 0 amide bonds. The van der Waals surface area contributed by atoms with Gasteiger partial charge in [0.25, 0.3) is 0 Å². The van der Waals surface area contributed by atoms with E-state index in [1.54, 1.807) is 55.7 Å². The lowest BCUT2D eigenvalue weighted by Crippen LogP contribution is -2.20. The minimum Gasteiger partial charge on any atom is -0.0795 e. The SMILES string of the molecule is CC(C)(C)C1=Cc2ccccc2C1.CC(C)(C)C1=Cc2ccccc2C1.CC(C)(C)C1Cc2ccccc2C1.CC(C)(C)C1Cc2ccccc2C1.CC(C)(C)C1Cc2ccccc2C1.CC(C)(C)c1ccc2c(c1)C=CC2.CC(C)(C)c1ccc2c(c1)CC=C2.CC(C)(C)c1ccc2c(c1)CC=C2.CC(C)(C)c1ccc2c(c1)CCC2. The van der Waals surface area contributed by atoms with Gasteiger partial charge in [-0.25, -0.2) is 0 Å². The molecule has 0 fully saturated rings. The van der Waals surface area contributed by atoms with Gasteiger partial charge in [0.2, 0.25) is 0 Å². The largest absolute Gasteiger partial charge is 0.0795 e. The van der Waals surface area contributed by atoms with Crippen molar-refractivity contribution in [3.8, 4) is 0 Å². The van der Waals surface area contributed by atoms with Crippen LogP contribution in [-0.2, 0) is 105 Å². The van der Waals surface area contributed by atoms with Gasteiger partial charge < -0.3 is 0 Å². The van der Waals surface area contributed by atoms with Crippen LogP contribution in [-0.4, -0.2) is 0 Å². The van der Waals surface area contributed by atoms with E-state index in [2.05, 4.69) is 430 Å². The molecular formula is C117H152. The van der Waals surface area contributed by atoms with Crippen molar-refractivity contribution in [3.05, 3.63) is 346 Å². The molecule has 0 bridgehead atoms. The monoisotopic (exact) mass is 1560 g/mol. The fourth-order valence-corrected chi connectivity index (χ4v) is 17.2. The van der Waals surface area contributed by atoms with Crippen molar-refractivity contribution in [1.82, 2.24) is 0 Å². The standard InChI is InChI=1S/C13H18.3C13H16.3C13H18.2C13H16/c4*1-13(2,3)12-8-7-10-5-4-6-11(10)9-12;5*1-13(2,3)12-8-10-6-4-5-7-11(10)9-12/h7-9H,4-6H2,1-3H3;4,6-9H,5H2,1-3H3;2*4-5,7-9H,6H2,1-3H3;3*4-7,12H,8-9H2,1-3H3;2*4-8H,9H2,1-3H3. The molecule has 0 aromatic heterocycles. The zero-order valence-electron chi connectivity index (χ0n) is 78.2. The number of rotatable bonds is 0. The molecule has 18 rings (SSSR count). The molecule has 0 nitrogen and oxygen atoms in total. The fourth-order valence-electron chi connectivity index (χ4n) is 17.2. The first-order valence-corrected chi connectivity index (χ1v) is 45.0. The van der Waals surface area contributed by atoms with E-state index in [1.165, 1.54) is 136 Å². The second-order valence-electron chi connectivity index (χ2n) is 44.7. The van der Waals surface area contributed by atoms with Crippen molar-refractivity contribution < 1.29 is 0 Å². The zero-order chi connectivity index (χ0) is 85.3. The van der Waals surface area contributed by atoms with Crippen LogP contribution in [0.4, 0.5) is 0 Å². The predicted molar refractivity (Wildman–Crippen MR) is 516 cm³/mol. The first-order chi connectivity index (χ1) is 54.6. The molecule has 0 N–H and O–H groups in total. The fraction of sp³-hybridized carbons (Fsp3) is 0.453. The highest BCUT2D eigenvalue weighted by Gasteiger charge is 2.34. The van der Waals surface area contributed by atoms with Crippen LogP contribution in [0.3, 0.4) is 0 Å². The van der Waals surface area contributed by atoms with Gasteiger partial charge in [0.15, 0.2) is 0 Å². The number of benzene rings is 9. The van der Waals surface area contributed by atoms with Gasteiger partial charge in [-0.05, 0) is 279 Å². The van der Waals surface area contributed by atoms with Gasteiger partial charge in [0.05, 0.1) is 0 Å². The number of hydrogen-bond acceptors (Lipinski definition) is 0. The minimum atomic E-state index is 0.269. The summed E-state index contributed by atoms with van der Waals surface area (Å²) >= 11 is 0. The van der Waals surface area contributed by atoms with E-state index in [-0.39, 0.29) is 16.2 Å². The molecule has 0 saturated carbocycles. The first-order valence-electron chi connectivity index (χ1n) is 45.0. The number of allylic oxidation sites excluding steroid dienone is 5. The van der Waals surface area contributed by atoms with Crippen molar-refractivity contribution in [2.75, 3.05) is 0 Å². The summed E-state index contributed by atoms with van der Waals surface area (Å²) in [4.78, 5) is 0. The van der Waals surface area contributed by atoms with Crippen molar-refractivity contribution >= 4 is 30.4 Å². The summed E-state index contributed by atoms with van der Waals surface area (Å²) in [5.74, 6) is 2.51. The molecule has 0 saturated heterocycles. The maximum absolute atomic E-state index is 2.41. The smallest absolute Gasteiger partial charge is 0.00526 e. The van der Waals surface area contributed by atoms with Crippen LogP contribution in [0.25, 0.3) is 30.4 Å². The summed E-state index contributed by atoms with van der Waals surface area (Å²) in [5, 5.41) is 0. The molecule has 620 valence electrons. The van der Waals surface area contributed by atoms with Crippen molar-refractivity contribution in [1.29, 1.82) is 0 Å². The van der Waals surface area contributed by atoms with Crippen molar-refractivity contribution in [2.24, 2.45) is 44.8 Å². The Morgan fingerprint density at radius 3 is 0.786 bits per heavy atom. The minimum absolute atomic E-state index is 0.269. The normalized spacial score (nSPS) is 15.9. The van der Waals surface area contributed by atoms with E-state index in [9.17, 15) is 0 Å². The molecule has 117 heavy (non-hydrogen) atoms. The molecule has 0 heteroatoms. The quantitative estimate of drug-likeness (QED) is 0.142. The Bertz CT molecular complexity index is 4550. The van der Waals surface area contributed by atoms with Gasteiger partial charge in [-0.3, -0.25) is 0 Å². The molecule has 9 aliphatic rings. The molecular weight excluding hydrogens is 1410 g/mol. The number of fused-ring (bicyclic) bond motifs is 9. The third kappa shape index (κ3) is 25.6. The summed E-state index contributed by atoms with van der Waals surface area (Å²) in [6.45, 7) is 62.0. The van der Waals surface area contributed by atoms with Crippen LogP contribution in [0, 0.1) is 44.8 Å². The summed E-state index contributed by atoms with van der Waals surface area (Å²) < 4.78 is 0. The van der Waals surface area contributed by atoms with Gasteiger partial charge >= 0.3 is 0 Å². The Labute approximate surface area is 714 Å². The highest BCUT2D eigenvalue weighted by molar-refractivity contribution is 5.67. The average Bonchev–Trinajstić information content (AvgIpc) is 1.72. The molecule has 0 radical (unpaired) electrons. The van der Waals surface area contributed by atoms with Gasteiger partial charge in [-0.2, -0.15) is 0 Å². The Morgan fingerprint density at radius 2 is 0.479 bits per heavy atom. The van der Waals surface area contributed by atoms with Crippen LogP contribution in [0.15, 0.2) is 223 Å². The van der Waals surface area contributed by atoms with Gasteiger partial charge in [-0.15, -0.1) is 0 Å². The lowest BCUT2D eigenvalue weighted by atomic mass is 9.79. The Hall–Kier alpha value is -8.32. The molecule has 0 atom stereocenters. The summed E-state index contributed by atoms with van der Waals surface area (Å²) in [7, 11) is 0. The molecule has 0 aliphatic heterocycles. The maximum atomic E-state index is 2.41. The van der Waals surface area contributed by atoms with Crippen LogP contribution in [0.2, 0.25) is 0 Å². The van der Waals surface area contributed by atoms with E-state index < -0.39 is 0 Å². The predicted octanol–water partition coefficient (Wildman–Crippen LogP) is 31.8. The van der Waals surface area contributed by atoms with E-state index in [0.29, 0.717) is 32.5 Å². The van der Waals surface area contributed by atoms with Crippen LogP contribution in [0.5, 0.6) is 0 Å². The van der Waals surface area contributed by atoms with E-state index in [0.717, 1.165) is 49.9 Å². The third-order valence-corrected chi connectivity index (χ3v) is 26.2. The second kappa shape index (κ2) is 37.5. The highest BCUT2D eigenvalue weighted by atomic mass is 14.4. The molecule has 0 spiro atoms. The molecule has 0 heterocycles. The maximum Gasteiger partial charge on any atom is -0.00526 e. The van der Waals surface area contributed by atoms with Crippen LogP contribution in [0.1, 0.15) is 316 Å². The second-order valence-corrected chi connectivity index (χ2v) is 44.7. The third-order valence-electron chi connectivity index (χ3n) is 26.2. The van der Waals surface area contributed by atoms with Crippen molar-refractivity contribution in [2.45, 2.75) is 298 Å². The lowest BCUT2D eigenvalue weighted by Gasteiger charge is -2.26. The molecule has 9 aromatic rings. The molecule has 0 unspecified atom stereocenters. The van der Waals surface area contributed by atoms with Crippen molar-refractivity contribution in [3.63, 3.8) is 0 Å². The van der Waals surface area contributed by atoms with Gasteiger partial charge in [0, 0.05) is 0 Å². The Kier molecular flexibility index (Phi) is 29.2. The Morgan fingerprint density at radius 1 is 0.214 bits per heavy atom. The topological polar surface area (TPSA) is 0 Å². The first kappa shape index (κ1) is 91.0. The summed E-state index contributed by atoms with van der Waals surface area (Å²) in [6.07, 6.45) is 35.2. The Balaban J connectivity index is 0.000000139. The lowest BCUT2D eigenvalue weighted by molar-refractivity contribution is 0.251. The number of hydrogen-bond donors (Lipinski definition) is 0. The molecule has 9 aromatic carbocycles. The molecule has 9 aliphatic carbocycles. The van der Waals surface area contributed by atoms with E-state index in [4.69, 9.17) is 0 Å². The summed E-state index contributed by atoms with van der Waals surface area (Å²) in [6, 6.07) is 71.4. The summed E-state index contributed by atoms with van der Waals surface area (Å²) in [5.41, 5.74) is 39.0. The number of aryl methyl sites for hydroxylation is 2. The highest BCUT2D eigenvalue weighted by Crippen LogP contribution is 2.43. The van der Waals surface area contributed by atoms with E-state index >= 15 is 0 Å². The van der Waals surface area contributed by atoms with Crippen LogP contribution < -0.4 is 0 Å². The van der Waals surface area contributed by atoms with E-state index in [1.807, 2.05) is 0 Å². The zero-order valence-corrected chi connectivity index (χ0v) is 78.2. The van der Waals surface area contributed by atoms with Gasteiger partial charge in [0.1, 0.15) is 0 Å².